The van der Waals surface area contributed by atoms with Gasteiger partial charge in [-0.1, -0.05) is 12.2 Å². The molecule has 0 N–H and O–H groups in total. The summed E-state index contributed by atoms with van der Waals surface area (Å²) >= 11 is 0. The molecule has 0 aromatic carbocycles. The Bertz CT molecular complexity index is 399. The van der Waals surface area contributed by atoms with Crippen molar-refractivity contribution < 1.29 is 9.53 Å². The highest BCUT2D eigenvalue weighted by atomic mass is 16.5. The predicted molar refractivity (Wildman–Crippen MR) is 50.0 cm³/mol. The molecule has 1 saturated carbocycles. The smallest absolute Gasteiger partial charge is 0.303 e. The number of esters is 1. The second-order valence-corrected chi connectivity index (χ2v) is 4.01. The summed E-state index contributed by atoms with van der Waals surface area (Å²) < 4.78 is 5.11. The standard InChI is InChI=1S/C11H10N2O2/c1-7(14)15-10-8-2-3-9(4-8)11(10,5-12)6-13/h2-3,8-10H,4H2,1H3. The van der Waals surface area contributed by atoms with Crippen LogP contribution in [0.5, 0.6) is 0 Å². The minimum absolute atomic E-state index is 0.0261. The summed E-state index contributed by atoms with van der Waals surface area (Å²) in [6, 6.07) is 4.05. The molecule has 2 aliphatic carbocycles. The van der Waals surface area contributed by atoms with Crippen LogP contribution in [0.3, 0.4) is 0 Å². The molecule has 0 aromatic rings. The number of carbonyl (C=O) groups excluding carboxylic acids is 1. The first-order valence-corrected chi connectivity index (χ1v) is 4.82. The molecule has 0 spiro atoms. The molecule has 0 saturated heterocycles. The summed E-state index contributed by atoms with van der Waals surface area (Å²) in [7, 11) is 0. The molecular weight excluding hydrogens is 192 g/mol. The van der Waals surface area contributed by atoms with Crippen molar-refractivity contribution >= 4 is 5.97 Å². The summed E-state index contributed by atoms with van der Waals surface area (Å²) in [6.07, 6.45) is 3.96. The molecule has 0 aromatic heterocycles. The second-order valence-electron chi connectivity index (χ2n) is 4.01. The highest BCUT2D eigenvalue weighted by Crippen LogP contribution is 2.52. The zero-order valence-electron chi connectivity index (χ0n) is 8.30. The van der Waals surface area contributed by atoms with E-state index in [1.807, 2.05) is 24.3 Å². The molecule has 0 heterocycles. The van der Waals surface area contributed by atoms with Crippen molar-refractivity contribution in [1.29, 1.82) is 10.5 Å². The average Bonchev–Trinajstić information content (AvgIpc) is 2.77. The monoisotopic (exact) mass is 202 g/mol. The molecule has 15 heavy (non-hydrogen) atoms. The number of carbonyl (C=O) groups is 1. The molecule has 0 amide bonds. The summed E-state index contributed by atoms with van der Waals surface area (Å²) in [5, 5.41) is 18.2. The van der Waals surface area contributed by atoms with Crippen LogP contribution < -0.4 is 0 Å². The first kappa shape index (κ1) is 9.73. The van der Waals surface area contributed by atoms with Gasteiger partial charge in [-0.2, -0.15) is 10.5 Å². The number of rotatable bonds is 1. The molecule has 4 nitrogen and oxygen atoms in total. The SMILES string of the molecule is CC(=O)OC1C2C=CC(C2)C1(C#N)C#N. The molecule has 0 aliphatic heterocycles. The molecule has 3 unspecified atom stereocenters. The van der Waals surface area contributed by atoms with Gasteiger partial charge >= 0.3 is 5.97 Å². The lowest BCUT2D eigenvalue weighted by molar-refractivity contribution is -0.150. The van der Waals surface area contributed by atoms with Crippen molar-refractivity contribution in [2.24, 2.45) is 17.3 Å². The third-order valence-electron chi connectivity index (χ3n) is 3.20. The van der Waals surface area contributed by atoms with Crippen LogP contribution in [0.25, 0.3) is 0 Å². The van der Waals surface area contributed by atoms with Gasteiger partial charge in [-0.15, -0.1) is 0 Å². The highest BCUT2D eigenvalue weighted by molar-refractivity contribution is 5.66. The fourth-order valence-corrected chi connectivity index (χ4v) is 2.52. The number of hydrogen-bond donors (Lipinski definition) is 0. The maximum absolute atomic E-state index is 10.9. The van der Waals surface area contributed by atoms with Gasteiger partial charge in [0.1, 0.15) is 6.10 Å². The van der Waals surface area contributed by atoms with E-state index < -0.39 is 17.5 Å². The fourth-order valence-electron chi connectivity index (χ4n) is 2.52. The maximum Gasteiger partial charge on any atom is 0.303 e. The van der Waals surface area contributed by atoms with Crippen LogP contribution in [0.1, 0.15) is 13.3 Å². The Kier molecular flexibility index (Phi) is 2.01. The Morgan fingerprint density at radius 1 is 1.47 bits per heavy atom. The topological polar surface area (TPSA) is 73.9 Å². The summed E-state index contributed by atoms with van der Waals surface area (Å²) in [5.41, 5.74) is -1.18. The van der Waals surface area contributed by atoms with Crippen LogP contribution in [0.4, 0.5) is 0 Å². The Morgan fingerprint density at radius 2 is 2.13 bits per heavy atom. The van der Waals surface area contributed by atoms with Crippen molar-refractivity contribution in [2.75, 3.05) is 0 Å². The third kappa shape index (κ3) is 1.15. The largest absolute Gasteiger partial charge is 0.459 e. The minimum Gasteiger partial charge on any atom is -0.459 e. The number of hydrogen-bond acceptors (Lipinski definition) is 4. The highest BCUT2D eigenvalue weighted by Gasteiger charge is 2.59. The van der Waals surface area contributed by atoms with Crippen molar-refractivity contribution in [3.63, 3.8) is 0 Å². The molecule has 0 radical (unpaired) electrons. The summed E-state index contributed by atoms with van der Waals surface area (Å²) in [4.78, 5) is 10.9. The van der Waals surface area contributed by atoms with Crippen LogP contribution in [0.2, 0.25) is 0 Å². The normalized spacial score (nSPS) is 34.5. The van der Waals surface area contributed by atoms with E-state index in [4.69, 9.17) is 15.3 Å². The summed E-state index contributed by atoms with van der Waals surface area (Å²) in [5.74, 6) is -0.504. The van der Waals surface area contributed by atoms with E-state index >= 15 is 0 Å². The van der Waals surface area contributed by atoms with Crippen molar-refractivity contribution in [2.45, 2.75) is 19.4 Å². The van der Waals surface area contributed by atoms with E-state index in [-0.39, 0.29) is 11.8 Å². The van der Waals surface area contributed by atoms with Crippen LogP contribution in [0.15, 0.2) is 12.2 Å². The molecular formula is C11H10N2O2. The lowest BCUT2D eigenvalue weighted by Gasteiger charge is -2.28. The van der Waals surface area contributed by atoms with Gasteiger partial charge < -0.3 is 4.74 Å². The number of ether oxygens (including phenoxy) is 1. The van der Waals surface area contributed by atoms with Crippen LogP contribution in [0, 0.1) is 39.9 Å². The Balaban J connectivity index is 2.37. The van der Waals surface area contributed by atoms with Crippen LogP contribution in [-0.4, -0.2) is 12.1 Å². The molecule has 2 bridgehead atoms. The maximum atomic E-state index is 10.9. The lowest BCUT2D eigenvalue weighted by Crippen LogP contribution is -2.39. The van der Waals surface area contributed by atoms with E-state index in [2.05, 4.69) is 0 Å². The van der Waals surface area contributed by atoms with E-state index in [0.717, 1.165) is 6.42 Å². The third-order valence-corrected chi connectivity index (χ3v) is 3.20. The minimum atomic E-state index is -1.18. The molecule has 2 rings (SSSR count). The van der Waals surface area contributed by atoms with E-state index in [0.29, 0.717) is 0 Å². The molecule has 76 valence electrons. The van der Waals surface area contributed by atoms with Crippen molar-refractivity contribution in [1.82, 2.24) is 0 Å². The van der Waals surface area contributed by atoms with Gasteiger partial charge in [-0.3, -0.25) is 4.79 Å². The van der Waals surface area contributed by atoms with Crippen LogP contribution >= 0.6 is 0 Å². The molecule has 2 aliphatic rings. The van der Waals surface area contributed by atoms with Gasteiger partial charge in [0, 0.05) is 18.8 Å². The van der Waals surface area contributed by atoms with Crippen LogP contribution in [-0.2, 0) is 9.53 Å². The van der Waals surface area contributed by atoms with E-state index in [9.17, 15) is 4.79 Å². The molecule has 3 atom stereocenters. The zero-order chi connectivity index (χ0) is 11.1. The molecule has 1 fully saturated rings. The number of nitriles is 2. The number of allylic oxidation sites excluding steroid dienone is 1. The zero-order valence-corrected chi connectivity index (χ0v) is 8.30. The predicted octanol–water partition coefficient (Wildman–Crippen LogP) is 1.16. The average molecular weight is 202 g/mol. The second kappa shape index (κ2) is 3.10. The first-order valence-electron chi connectivity index (χ1n) is 4.82. The fraction of sp³-hybridized carbons (Fsp3) is 0.545. The van der Waals surface area contributed by atoms with Crippen molar-refractivity contribution in [3.05, 3.63) is 12.2 Å². The number of nitrogens with zero attached hydrogens (tertiary/aromatic N) is 2. The summed E-state index contributed by atoms with van der Waals surface area (Å²) in [6.45, 7) is 1.30. The lowest BCUT2D eigenvalue weighted by atomic mass is 9.76. The first-order chi connectivity index (χ1) is 7.14. The van der Waals surface area contributed by atoms with Gasteiger partial charge in [-0.05, 0) is 6.42 Å². The van der Waals surface area contributed by atoms with Gasteiger partial charge in [0.2, 0.25) is 0 Å². The Morgan fingerprint density at radius 3 is 2.67 bits per heavy atom. The number of fused-ring (bicyclic) bond motifs is 2. The Hall–Kier alpha value is -1.81. The van der Waals surface area contributed by atoms with Gasteiger partial charge in [0.05, 0.1) is 12.1 Å². The Labute approximate surface area is 87.7 Å². The van der Waals surface area contributed by atoms with E-state index in [1.54, 1.807) is 0 Å². The van der Waals surface area contributed by atoms with Crippen molar-refractivity contribution in [3.8, 4) is 12.1 Å². The van der Waals surface area contributed by atoms with Gasteiger partial charge in [0.15, 0.2) is 5.41 Å². The molecule has 4 heteroatoms. The van der Waals surface area contributed by atoms with Gasteiger partial charge in [0.25, 0.3) is 0 Å². The van der Waals surface area contributed by atoms with Gasteiger partial charge in [-0.25, -0.2) is 0 Å². The quantitative estimate of drug-likeness (QED) is 0.472. The van der Waals surface area contributed by atoms with E-state index in [1.165, 1.54) is 6.92 Å².